The maximum Gasteiger partial charge on any atom is 0.327 e. The average molecular weight is 852 g/mol. The van der Waals surface area contributed by atoms with E-state index in [0.29, 0.717) is 41.9 Å². The number of benzene rings is 1. The zero-order chi connectivity index (χ0) is 44.2. The Morgan fingerprint density at radius 2 is 1.64 bits per heavy atom. The first-order valence-electron chi connectivity index (χ1n) is 21.2. The van der Waals surface area contributed by atoms with Gasteiger partial charge in [-0.15, -0.1) is 0 Å². The number of amidine groups is 1. The van der Waals surface area contributed by atoms with Crippen LogP contribution >= 0.6 is 0 Å². The van der Waals surface area contributed by atoms with Gasteiger partial charge >= 0.3 is 11.8 Å². The predicted molar refractivity (Wildman–Crippen MR) is 238 cm³/mol. The van der Waals surface area contributed by atoms with Gasteiger partial charge in [-0.1, -0.05) is 26.3 Å². The lowest BCUT2D eigenvalue weighted by atomic mass is 9.81. The number of nitrogens with zero attached hydrogens (tertiary/aromatic N) is 5. The second-order valence-corrected chi connectivity index (χ2v) is 19.6. The summed E-state index contributed by atoms with van der Waals surface area (Å²) < 4.78 is 42.9. The number of aliphatic imine (C=N–C) groups is 2. The molecule has 0 atom stereocenters. The first kappa shape index (κ1) is 45.3. The summed E-state index contributed by atoms with van der Waals surface area (Å²) in [5.41, 5.74) is 5.23. The number of aliphatic carboxylic acids is 1. The maximum absolute atomic E-state index is 11.9. The Hall–Kier alpha value is -5.24. The molecule has 324 valence electrons. The molecule has 13 heteroatoms. The number of Topliss-reactive ketones (excluding diaryl/α,β-unsaturated/α-hetero) is 1. The molecule has 0 bridgehead atoms. The Kier molecular flexibility index (Phi) is 13.7. The molecular weight excluding hydrogens is 791 g/mol. The highest BCUT2D eigenvalue weighted by Crippen LogP contribution is 2.45. The molecule has 0 aliphatic carbocycles. The Bertz CT molecular complexity index is 2410. The van der Waals surface area contributed by atoms with Crippen molar-refractivity contribution in [1.29, 1.82) is 0 Å². The molecule has 6 rings (SSSR count). The van der Waals surface area contributed by atoms with Crippen LogP contribution in [0.3, 0.4) is 0 Å². The van der Waals surface area contributed by atoms with Crippen molar-refractivity contribution in [3.05, 3.63) is 119 Å². The van der Waals surface area contributed by atoms with Gasteiger partial charge in [-0.3, -0.25) is 9.35 Å². The van der Waals surface area contributed by atoms with Gasteiger partial charge in [0.2, 0.25) is 0 Å². The number of allylic oxidation sites excluding steroid dienone is 6. The Balaban J connectivity index is 1.35. The van der Waals surface area contributed by atoms with Crippen molar-refractivity contribution in [1.82, 2.24) is 4.90 Å². The summed E-state index contributed by atoms with van der Waals surface area (Å²) in [6.45, 7) is 13.2. The third-order valence-electron chi connectivity index (χ3n) is 11.9. The summed E-state index contributed by atoms with van der Waals surface area (Å²) in [5, 5.41) is 9.05. The Labute approximate surface area is 361 Å². The molecule has 0 spiro atoms. The molecule has 0 saturated heterocycles. The number of fused-ring (bicyclic) bond motifs is 2. The number of rotatable bonds is 18. The molecule has 0 radical (unpaired) electrons. The monoisotopic (exact) mass is 851 g/mol. The zero-order valence-electron chi connectivity index (χ0n) is 36.6. The minimum atomic E-state index is -4.38. The van der Waals surface area contributed by atoms with Crippen LogP contribution in [0.25, 0.3) is 0 Å². The molecule has 61 heavy (non-hydrogen) atoms. The second kappa shape index (κ2) is 18.4. The lowest BCUT2D eigenvalue weighted by Gasteiger charge is -2.36. The van der Waals surface area contributed by atoms with Gasteiger partial charge in [0.1, 0.15) is 36.2 Å². The highest BCUT2D eigenvalue weighted by atomic mass is 32.2. The second-order valence-electron chi connectivity index (χ2n) is 18.2. The number of carboxylic acids is 1. The number of ether oxygens (including phenoxy) is 1. The first-order valence-corrected chi connectivity index (χ1v) is 22.7. The number of carbonyl (C=O) groups excluding carboxylic acids is 1. The zero-order valence-corrected chi connectivity index (χ0v) is 37.5. The molecule has 0 saturated carbocycles. The van der Waals surface area contributed by atoms with Crippen LogP contribution in [0.5, 0.6) is 5.75 Å². The minimum absolute atomic E-state index is 0.173. The number of aromatic nitrogens is 1. The molecule has 2 N–H and O–H groups in total. The van der Waals surface area contributed by atoms with E-state index in [-0.39, 0.29) is 27.9 Å². The SMILES string of the molecule is CC(=O)CCCCC[n+]1cccc2c1N=C(C=CC1=C(Oc3ccc(S(=O)(=O)O)cc3)C(=CC=C3N=C4C(=CC=CN4CCCCCC(=O)O)C3(C)C)C[N+](C)(C)C1)C2(C)C. The Morgan fingerprint density at radius 3 is 2.34 bits per heavy atom. The van der Waals surface area contributed by atoms with Crippen molar-refractivity contribution in [2.24, 2.45) is 15.4 Å². The number of carbonyl (C=O) groups is 2. The van der Waals surface area contributed by atoms with E-state index in [9.17, 15) is 22.6 Å². The lowest BCUT2D eigenvalue weighted by Crippen LogP contribution is -2.46. The molecular formula is C48H61N5O7S+2. The van der Waals surface area contributed by atoms with Crippen molar-refractivity contribution in [3.8, 4) is 5.75 Å². The van der Waals surface area contributed by atoms with E-state index < -0.39 is 16.1 Å². The standard InChI is InChI=1S/C48H59N5O7S/c1-34(54)16-10-8-12-28-51-30-14-17-39-45(51)49-41(47(39,2)3)26-20-35-32-53(6,7)33-36(44(35)60-37-22-24-38(25-23-37)61(57,58)59)21-27-42-48(4,5)40-18-15-31-52(46(40)50-42)29-13-9-11-19-43(55)56/h14-15,17-18,20-27,30-31H,8-13,16,19,28-29,32-33H2,1-7H3/p+2. The maximum atomic E-state index is 11.9. The number of hydrogen-bond acceptors (Lipinski definition) is 8. The normalized spacial score (nSPS) is 20.2. The summed E-state index contributed by atoms with van der Waals surface area (Å²) >= 11 is 0. The number of pyridine rings is 1. The summed E-state index contributed by atoms with van der Waals surface area (Å²) in [4.78, 5) is 34.8. The third-order valence-corrected chi connectivity index (χ3v) is 12.8. The highest BCUT2D eigenvalue weighted by Gasteiger charge is 2.43. The largest absolute Gasteiger partial charge is 0.481 e. The Morgan fingerprint density at radius 1 is 0.918 bits per heavy atom. The number of ketones is 1. The van der Waals surface area contributed by atoms with Crippen LogP contribution in [0.2, 0.25) is 0 Å². The quantitative estimate of drug-likeness (QED) is 0.0658. The number of carboxylic acid groups (broad SMARTS) is 1. The molecule has 1 aromatic heterocycles. The molecule has 4 aliphatic heterocycles. The van der Waals surface area contributed by atoms with Crippen LogP contribution in [-0.4, -0.2) is 84.5 Å². The number of hydrogen-bond donors (Lipinski definition) is 2. The van der Waals surface area contributed by atoms with Crippen molar-refractivity contribution >= 4 is 39.2 Å². The fraction of sp³-hybridized carbons (Fsp3) is 0.438. The van der Waals surface area contributed by atoms with Crippen molar-refractivity contribution in [3.63, 3.8) is 0 Å². The molecule has 0 unspecified atom stereocenters. The van der Waals surface area contributed by atoms with Gasteiger partial charge < -0.3 is 24.0 Å². The molecule has 4 aliphatic rings. The molecule has 0 amide bonds. The van der Waals surface area contributed by atoms with Crippen LogP contribution in [0.4, 0.5) is 5.82 Å². The van der Waals surface area contributed by atoms with E-state index in [1.54, 1.807) is 19.1 Å². The topological polar surface area (TPSA) is 150 Å². The van der Waals surface area contributed by atoms with Crippen molar-refractivity contribution in [2.75, 3.05) is 33.7 Å². The number of aryl methyl sites for hydroxylation is 1. The van der Waals surface area contributed by atoms with E-state index in [1.165, 1.54) is 12.1 Å². The summed E-state index contributed by atoms with van der Waals surface area (Å²) in [7, 11) is -0.0264. The van der Waals surface area contributed by atoms with Crippen LogP contribution in [0.1, 0.15) is 91.5 Å². The van der Waals surface area contributed by atoms with Crippen molar-refractivity contribution < 1.29 is 41.5 Å². The fourth-order valence-electron chi connectivity index (χ4n) is 8.39. The molecule has 2 aromatic rings. The van der Waals surface area contributed by atoms with E-state index in [4.69, 9.17) is 19.8 Å². The lowest BCUT2D eigenvalue weighted by molar-refractivity contribution is -0.882. The number of likely N-dealkylation sites (N-methyl/N-ethyl adjacent to an activating group) is 1. The predicted octanol–water partition coefficient (Wildman–Crippen LogP) is 8.36. The number of unbranched alkanes of at least 4 members (excludes halogenated alkanes) is 4. The van der Waals surface area contributed by atoms with Crippen LogP contribution in [-0.2, 0) is 31.7 Å². The average Bonchev–Trinajstić information content (AvgIpc) is 3.60. The highest BCUT2D eigenvalue weighted by molar-refractivity contribution is 7.85. The van der Waals surface area contributed by atoms with Crippen LogP contribution in [0.15, 0.2) is 128 Å². The summed E-state index contributed by atoms with van der Waals surface area (Å²) in [6, 6.07) is 9.98. The summed E-state index contributed by atoms with van der Waals surface area (Å²) in [6.07, 6.45) is 22.5. The third kappa shape index (κ3) is 10.8. The summed E-state index contributed by atoms with van der Waals surface area (Å²) in [5.74, 6) is 2.38. The van der Waals surface area contributed by atoms with Crippen LogP contribution in [0, 0.1) is 5.41 Å². The van der Waals surface area contributed by atoms with Gasteiger partial charge in [0.15, 0.2) is 5.71 Å². The van der Waals surface area contributed by atoms with E-state index in [1.807, 2.05) is 12.3 Å². The fourth-order valence-corrected chi connectivity index (χ4v) is 8.87. The van der Waals surface area contributed by atoms with E-state index >= 15 is 0 Å². The van der Waals surface area contributed by atoms with Gasteiger partial charge in [-0.25, -0.2) is 9.56 Å². The van der Waals surface area contributed by atoms with Crippen molar-refractivity contribution in [2.45, 2.75) is 103 Å². The van der Waals surface area contributed by atoms with Gasteiger partial charge in [-0.05, 0) is 125 Å². The van der Waals surface area contributed by atoms with Crippen LogP contribution < -0.4 is 9.30 Å². The minimum Gasteiger partial charge on any atom is -0.481 e. The van der Waals surface area contributed by atoms with Gasteiger partial charge in [0, 0.05) is 47.7 Å². The molecule has 5 heterocycles. The van der Waals surface area contributed by atoms with E-state index in [0.717, 1.165) is 90.5 Å². The van der Waals surface area contributed by atoms with E-state index in [2.05, 4.69) is 100.0 Å². The first-order chi connectivity index (χ1) is 28.8. The van der Waals surface area contributed by atoms with Gasteiger partial charge in [-0.2, -0.15) is 8.42 Å². The molecule has 0 fully saturated rings. The van der Waals surface area contributed by atoms with Gasteiger partial charge in [0.25, 0.3) is 10.1 Å². The van der Waals surface area contributed by atoms with Gasteiger partial charge in [0.05, 0.1) is 48.4 Å². The smallest absolute Gasteiger partial charge is 0.327 e. The number of quaternary nitrogens is 1. The molecule has 1 aromatic carbocycles. The molecule has 12 nitrogen and oxygen atoms in total.